The number of hydrogen-bond acceptors (Lipinski definition) is 1. The number of aryl methyl sites for hydroxylation is 1. The highest BCUT2D eigenvalue weighted by molar-refractivity contribution is 9.10. The maximum Gasteiger partial charge on any atom is 0.390 e. The predicted molar refractivity (Wildman–Crippen MR) is 56.1 cm³/mol. The molecule has 0 aromatic carbocycles. The topological polar surface area (TPSA) is 34.0 Å². The number of amides is 1. The molecule has 1 rings (SSSR count). The highest BCUT2D eigenvalue weighted by Gasteiger charge is 2.26. The smallest absolute Gasteiger partial charge is 0.350 e. The Hall–Kier alpha value is -0.980. The van der Waals surface area contributed by atoms with Gasteiger partial charge in [-0.25, -0.2) is 0 Å². The second-order valence-corrected chi connectivity index (χ2v) is 4.19. The van der Waals surface area contributed by atoms with Gasteiger partial charge in [0.1, 0.15) is 5.69 Å². The van der Waals surface area contributed by atoms with Gasteiger partial charge in [-0.05, 0) is 22.0 Å². The molecule has 90 valence electrons. The summed E-state index contributed by atoms with van der Waals surface area (Å²) in [4.78, 5) is 11.4. The van der Waals surface area contributed by atoms with Crippen molar-refractivity contribution in [2.24, 2.45) is 7.05 Å². The van der Waals surface area contributed by atoms with E-state index in [9.17, 15) is 18.0 Å². The van der Waals surface area contributed by atoms with E-state index in [0.717, 1.165) is 0 Å². The molecule has 1 heterocycles. The van der Waals surface area contributed by atoms with Gasteiger partial charge >= 0.3 is 6.18 Å². The third-order valence-electron chi connectivity index (χ3n) is 1.90. The van der Waals surface area contributed by atoms with Gasteiger partial charge in [0, 0.05) is 24.3 Å². The van der Waals surface area contributed by atoms with Crippen molar-refractivity contribution in [3.8, 4) is 0 Å². The number of aromatic nitrogens is 1. The molecule has 0 aliphatic heterocycles. The zero-order chi connectivity index (χ0) is 12.3. The Bertz CT molecular complexity index is 387. The van der Waals surface area contributed by atoms with Gasteiger partial charge in [0.15, 0.2) is 0 Å². The summed E-state index contributed by atoms with van der Waals surface area (Å²) in [7, 11) is 1.64. The highest BCUT2D eigenvalue weighted by Crippen LogP contribution is 2.18. The van der Waals surface area contributed by atoms with Crippen molar-refractivity contribution in [3.05, 3.63) is 22.4 Å². The number of nitrogens with zero attached hydrogens (tertiary/aromatic N) is 1. The number of carbonyl (C=O) groups is 1. The van der Waals surface area contributed by atoms with Crippen LogP contribution in [-0.2, 0) is 7.05 Å². The summed E-state index contributed by atoms with van der Waals surface area (Å²) in [6.07, 6.45) is -3.62. The Morgan fingerprint density at radius 2 is 2.19 bits per heavy atom. The lowest BCUT2D eigenvalue weighted by molar-refractivity contribution is -0.132. The Labute approximate surface area is 98.8 Å². The van der Waals surface area contributed by atoms with Crippen molar-refractivity contribution in [1.82, 2.24) is 9.88 Å². The average Bonchev–Trinajstić information content (AvgIpc) is 2.43. The minimum atomic E-state index is -4.25. The SMILES string of the molecule is Cn1cc(Br)cc1C(=O)NCCC(F)(F)F. The molecule has 0 saturated heterocycles. The number of alkyl halides is 3. The van der Waals surface area contributed by atoms with Gasteiger partial charge in [0.2, 0.25) is 0 Å². The number of halogens is 4. The van der Waals surface area contributed by atoms with Crippen molar-refractivity contribution < 1.29 is 18.0 Å². The first-order valence-electron chi connectivity index (χ1n) is 4.46. The first-order valence-corrected chi connectivity index (χ1v) is 5.26. The first kappa shape index (κ1) is 13.1. The van der Waals surface area contributed by atoms with Gasteiger partial charge in [-0.3, -0.25) is 4.79 Å². The number of nitrogens with one attached hydrogen (secondary N) is 1. The largest absolute Gasteiger partial charge is 0.390 e. The second-order valence-electron chi connectivity index (χ2n) is 3.28. The lowest BCUT2D eigenvalue weighted by Crippen LogP contribution is -2.29. The molecule has 0 atom stereocenters. The maximum absolute atomic E-state index is 11.8. The van der Waals surface area contributed by atoms with Crippen molar-refractivity contribution in [3.63, 3.8) is 0 Å². The molecule has 7 heteroatoms. The molecule has 0 aliphatic rings. The fourth-order valence-electron chi connectivity index (χ4n) is 1.16. The van der Waals surface area contributed by atoms with Crippen molar-refractivity contribution in [2.45, 2.75) is 12.6 Å². The number of rotatable bonds is 3. The van der Waals surface area contributed by atoms with Crippen LogP contribution in [-0.4, -0.2) is 23.2 Å². The minimum absolute atomic E-state index is 0.314. The molecule has 0 bridgehead atoms. The summed E-state index contributed by atoms with van der Waals surface area (Å²) in [6, 6.07) is 1.54. The molecule has 1 aromatic rings. The predicted octanol–water partition coefficient (Wildman–Crippen LogP) is 2.47. The van der Waals surface area contributed by atoms with E-state index in [0.29, 0.717) is 10.2 Å². The van der Waals surface area contributed by atoms with Crippen LogP contribution in [0.15, 0.2) is 16.7 Å². The number of hydrogen-bond donors (Lipinski definition) is 1. The molecule has 0 fully saturated rings. The van der Waals surface area contributed by atoms with E-state index in [1.165, 1.54) is 4.57 Å². The summed E-state index contributed by atoms with van der Waals surface area (Å²) in [5, 5.41) is 2.21. The van der Waals surface area contributed by atoms with E-state index in [2.05, 4.69) is 21.2 Å². The summed E-state index contributed by atoms with van der Waals surface area (Å²) in [5.74, 6) is -0.516. The molecule has 0 unspecified atom stereocenters. The van der Waals surface area contributed by atoms with Crippen LogP contribution >= 0.6 is 15.9 Å². The lowest BCUT2D eigenvalue weighted by atomic mass is 10.3. The molecule has 0 saturated carbocycles. The third kappa shape index (κ3) is 3.88. The average molecular weight is 299 g/mol. The normalized spacial score (nSPS) is 11.6. The van der Waals surface area contributed by atoms with Gasteiger partial charge in [-0.1, -0.05) is 0 Å². The van der Waals surface area contributed by atoms with E-state index in [1.807, 2.05) is 0 Å². The Morgan fingerprint density at radius 3 is 2.62 bits per heavy atom. The van der Waals surface area contributed by atoms with Crippen molar-refractivity contribution >= 4 is 21.8 Å². The van der Waals surface area contributed by atoms with Crippen LogP contribution in [0.5, 0.6) is 0 Å². The quantitative estimate of drug-likeness (QED) is 0.914. The number of carbonyl (C=O) groups excluding carboxylic acids is 1. The van der Waals surface area contributed by atoms with Crippen LogP contribution < -0.4 is 5.32 Å². The third-order valence-corrected chi connectivity index (χ3v) is 2.33. The molecule has 1 aromatic heterocycles. The molecule has 0 aliphatic carbocycles. The Kier molecular flexibility index (Phi) is 4.01. The second kappa shape index (κ2) is 4.90. The summed E-state index contributed by atoms with van der Waals surface area (Å²) in [5.41, 5.74) is 0.314. The zero-order valence-corrected chi connectivity index (χ0v) is 10.0. The van der Waals surface area contributed by atoms with E-state index in [-0.39, 0.29) is 0 Å². The maximum atomic E-state index is 11.8. The first-order chi connectivity index (χ1) is 7.29. The van der Waals surface area contributed by atoms with E-state index >= 15 is 0 Å². The van der Waals surface area contributed by atoms with Crippen LogP contribution in [0.2, 0.25) is 0 Å². The van der Waals surface area contributed by atoms with Crippen LogP contribution in [0.25, 0.3) is 0 Å². The van der Waals surface area contributed by atoms with Gasteiger partial charge in [-0.2, -0.15) is 13.2 Å². The van der Waals surface area contributed by atoms with E-state index in [4.69, 9.17) is 0 Å². The Balaban J connectivity index is 2.51. The van der Waals surface area contributed by atoms with Crippen LogP contribution in [0.4, 0.5) is 13.2 Å². The van der Waals surface area contributed by atoms with Gasteiger partial charge < -0.3 is 9.88 Å². The molecule has 16 heavy (non-hydrogen) atoms. The molecule has 0 radical (unpaired) electrons. The van der Waals surface area contributed by atoms with E-state index in [1.54, 1.807) is 19.3 Å². The van der Waals surface area contributed by atoms with Gasteiger partial charge in [0.25, 0.3) is 5.91 Å². The minimum Gasteiger partial charge on any atom is -0.350 e. The fourth-order valence-corrected chi connectivity index (χ4v) is 1.68. The van der Waals surface area contributed by atoms with Crippen LogP contribution in [0, 0.1) is 0 Å². The molecular formula is C9H10BrF3N2O. The molecule has 3 nitrogen and oxygen atoms in total. The van der Waals surface area contributed by atoms with E-state index < -0.39 is 25.0 Å². The van der Waals surface area contributed by atoms with Crippen LogP contribution in [0.1, 0.15) is 16.9 Å². The lowest BCUT2D eigenvalue weighted by Gasteiger charge is -2.08. The summed E-state index contributed by atoms with van der Waals surface area (Å²) >= 11 is 3.17. The summed E-state index contributed by atoms with van der Waals surface area (Å²) < 4.78 is 37.7. The molecule has 0 spiro atoms. The molecule has 1 amide bonds. The summed E-state index contributed by atoms with van der Waals surface area (Å²) in [6.45, 7) is -0.412. The standard InChI is InChI=1S/C9H10BrF3N2O/c1-15-5-6(10)4-7(15)8(16)14-3-2-9(11,12)13/h4-5H,2-3H2,1H3,(H,14,16). The van der Waals surface area contributed by atoms with Crippen molar-refractivity contribution in [2.75, 3.05) is 6.54 Å². The monoisotopic (exact) mass is 298 g/mol. The fraction of sp³-hybridized carbons (Fsp3) is 0.444. The van der Waals surface area contributed by atoms with Gasteiger partial charge in [0.05, 0.1) is 6.42 Å². The Morgan fingerprint density at radius 1 is 1.56 bits per heavy atom. The van der Waals surface area contributed by atoms with Gasteiger partial charge in [-0.15, -0.1) is 0 Å². The zero-order valence-electron chi connectivity index (χ0n) is 8.44. The van der Waals surface area contributed by atoms with Crippen molar-refractivity contribution in [1.29, 1.82) is 0 Å². The molecule has 1 N–H and O–H groups in total. The molecular weight excluding hydrogens is 289 g/mol. The highest BCUT2D eigenvalue weighted by atomic mass is 79.9. The van der Waals surface area contributed by atoms with Crippen LogP contribution in [0.3, 0.4) is 0 Å².